The molecule has 0 fully saturated rings. The summed E-state index contributed by atoms with van der Waals surface area (Å²) in [5.41, 5.74) is 0. The fraction of sp³-hybridized carbons (Fsp3) is 0.333. The molecule has 2 N–H and O–H groups in total. The lowest BCUT2D eigenvalue weighted by Gasteiger charge is -2.10. The normalized spacial score (nSPS) is 11.9. The number of nitrogens with zero attached hydrogens (tertiary/aromatic N) is 3. The standard InChI is InChI=1S/C12H15N5OS/c1-8(11-13-7-9(2)19-11)6-14-12(18)16-10-4-3-5-15-17-10/h3-5,7-8H,6H2,1-2H3,(H2,14,16,17,18). The van der Waals surface area contributed by atoms with E-state index in [2.05, 4.69) is 25.8 Å². The summed E-state index contributed by atoms with van der Waals surface area (Å²) in [6.45, 7) is 4.57. The van der Waals surface area contributed by atoms with E-state index in [0.29, 0.717) is 12.4 Å². The topological polar surface area (TPSA) is 79.8 Å². The van der Waals surface area contributed by atoms with Crippen LogP contribution in [0.25, 0.3) is 0 Å². The van der Waals surface area contributed by atoms with Crippen molar-refractivity contribution in [1.82, 2.24) is 20.5 Å². The summed E-state index contributed by atoms with van der Waals surface area (Å²) in [6.07, 6.45) is 3.39. The largest absolute Gasteiger partial charge is 0.337 e. The van der Waals surface area contributed by atoms with E-state index in [1.54, 1.807) is 29.7 Å². The Morgan fingerprint density at radius 1 is 1.53 bits per heavy atom. The maximum absolute atomic E-state index is 11.6. The van der Waals surface area contributed by atoms with E-state index in [4.69, 9.17) is 0 Å². The highest BCUT2D eigenvalue weighted by Crippen LogP contribution is 2.20. The number of hydrogen-bond donors (Lipinski definition) is 2. The molecule has 0 radical (unpaired) electrons. The first kappa shape index (κ1) is 13.4. The third-order valence-corrected chi connectivity index (χ3v) is 3.59. The molecule has 0 aliphatic heterocycles. The van der Waals surface area contributed by atoms with Crippen LogP contribution in [0.4, 0.5) is 10.6 Å². The van der Waals surface area contributed by atoms with Crippen LogP contribution >= 0.6 is 11.3 Å². The second-order valence-electron chi connectivity index (χ2n) is 4.15. The van der Waals surface area contributed by atoms with E-state index < -0.39 is 0 Å². The van der Waals surface area contributed by atoms with Gasteiger partial charge in [0.25, 0.3) is 0 Å². The fourth-order valence-electron chi connectivity index (χ4n) is 1.46. The maximum atomic E-state index is 11.6. The maximum Gasteiger partial charge on any atom is 0.320 e. The van der Waals surface area contributed by atoms with Gasteiger partial charge in [-0.25, -0.2) is 9.78 Å². The Morgan fingerprint density at radius 3 is 3.00 bits per heavy atom. The van der Waals surface area contributed by atoms with Gasteiger partial charge < -0.3 is 5.32 Å². The zero-order valence-electron chi connectivity index (χ0n) is 10.8. The molecule has 0 saturated carbocycles. The summed E-state index contributed by atoms with van der Waals surface area (Å²) in [6, 6.07) is 3.10. The molecule has 1 atom stereocenters. The third-order valence-electron chi connectivity index (χ3n) is 2.44. The molecular weight excluding hydrogens is 262 g/mol. The lowest BCUT2D eigenvalue weighted by molar-refractivity contribution is 0.251. The molecule has 2 amide bonds. The highest BCUT2D eigenvalue weighted by atomic mass is 32.1. The Kier molecular flexibility index (Phi) is 4.40. The van der Waals surface area contributed by atoms with Crippen molar-refractivity contribution in [3.63, 3.8) is 0 Å². The Balaban J connectivity index is 1.80. The molecule has 2 rings (SSSR count). The second-order valence-corrected chi connectivity index (χ2v) is 5.42. The van der Waals surface area contributed by atoms with Gasteiger partial charge in [-0.2, -0.15) is 5.10 Å². The molecule has 6 nitrogen and oxygen atoms in total. The average Bonchev–Trinajstić information content (AvgIpc) is 2.84. The number of amides is 2. The van der Waals surface area contributed by atoms with Crippen molar-refractivity contribution >= 4 is 23.2 Å². The first-order valence-electron chi connectivity index (χ1n) is 5.90. The lowest BCUT2D eigenvalue weighted by atomic mass is 10.2. The molecule has 2 aromatic rings. The molecule has 0 spiro atoms. The van der Waals surface area contributed by atoms with Gasteiger partial charge in [-0.05, 0) is 19.1 Å². The summed E-state index contributed by atoms with van der Waals surface area (Å²) >= 11 is 1.65. The molecule has 0 aromatic carbocycles. The minimum absolute atomic E-state index is 0.186. The summed E-state index contributed by atoms with van der Waals surface area (Å²) in [4.78, 5) is 17.1. The van der Waals surface area contributed by atoms with Gasteiger partial charge in [-0.1, -0.05) is 6.92 Å². The summed E-state index contributed by atoms with van der Waals surface area (Å²) in [5.74, 6) is 0.615. The Bertz CT molecular complexity index is 542. The van der Waals surface area contributed by atoms with Crippen molar-refractivity contribution in [3.05, 3.63) is 34.4 Å². The highest BCUT2D eigenvalue weighted by molar-refractivity contribution is 7.11. The SMILES string of the molecule is Cc1cnc(C(C)CNC(=O)Nc2cccnn2)s1. The molecule has 0 aliphatic carbocycles. The monoisotopic (exact) mass is 277 g/mol. The minimum Gasteiger partial charge on any atom is -0.337 e. The molecule has 7 heteroatoms. The van der Waals surface area contributed by atoms with Crippen molar-refractivity contribution in [2.24, 2.45) is 0 Å². The smallest absolute Gasteiger partial charge is 0.320 e. The molecular formula is C12H15N5OS. The number of carbonyl (C=O) groups excluding carboxylic acids is 1. The predicted octanol–water partition coefficient (Wildman–Crippen LogP) is 2.17. The molecule has 100 valence electrons. The van der Waals surface area contributed by atoms with Crippen molar-refractivity contribution in [2.45, 2.75) is 19.8 Å². The average molecular weight is 277 g/mol. The van der Waals surface area contributed by atoms with Crippen molar-refractivity contribution in [1.29, 1.82) is 0 Å². The van der Waals surface area contributed by atoms with E-state index in [-0.39, 0.29) is 11.9 Å². The number of rotatable bonds is 4. The van der Waals surface area contributed by atoms with E-state index in [9.17, 15) is 4.79 Å². The molecule has 1 unspecified atom stereocenters. The minimum atomic E-state index is -0.291. The van der Waals surface area contributed by atoms with Crippen LogP contribution in [0.5, 0.6) is 0 Å². The number of thiazole rings is 1. The molecule has 0 aliphatic rings. The quantitative estimate of drug-likeness (QED) is 0.897. The number of anilines is 1. The number of hydrogen-bond acceptors (Lipinski definition) is 5. The molecule has 2 heterocycles. The van der Waals surface area contributed by atoms with E-state index in [0.717, 1.165) is 5.01 Å². The van der Waals surface area contributed by atoms with Gasteiger partial charge >= 0.3 is 6.03 Å². The van der Waals surface area contributed by atoms with Crippen LogP contribution in [0, 0.1) is 6.92 Å². The number of aryl methyl sites for hydroxylation is 1. The molecule has 2 aromatic heterocycles. The van der Waals surface area contributed by atoms with Crippen LogP contribution in [-0.2, 0) is 0 Å². The van der Waals surface area contributed by atoms with Gasteiger partial charge in [-0.3, -0.25) is 5.32 Å². The summed E-state index contributed by atoms with van der Waals surface area (Å²) in [5, 5.41) is 13.9. The second kappa shape index (κ2) is 6.24. The molecule has 19 heavy (non-hydrogen) atoms. The molecule has 0 bridgehead atoms. The van der Waals surface area contributed by atoms with Crippen LogP contribution in [0.1, 0.15) is 22.7 Å². The summed E-state index contributed by atoms with van der Waals surface area (Å²) < 4.78 is 0. The van der Waals surface area contributed by atoms with Gasteiger partial charge in [0.05, 0.1) is 5.01 Å². The van der Waals surface area contributed by atoms with Crippen LogP contribution in [-0.4, -0.2) is 27.8 Å². The van der Waals surface area contributed by atoms with Crippen molar-refractivity contribution in [2.75, 3.05) is 11.9 Å². The van der Waals surface area contributed by atoms with Gasteiger partial charge in [0.2, 0.25) is 0 Å². The van der Waals surface area contributed by atoms with Crippen LogP contribution < -0.4 is 10.6 Å². The number of nitrogens with one attached hydrogen (secondary N) is 2. The van der Waals surface area contributed by atoms with Gasteiger partial charge in [-0.15, -0.1) is 16.4 Å². The third kappa shape index (κ3) is 3.99. The van der Waals surface area contributed by atoms with Crippen LogP contribution in [0.3, 0.4) is 0 Å². The Morgan fingerprint density at radius 2 is 2.37 bits per heavy atom. The highest BCUT2D eigenvalue weighted by Gasteiger charge is 2.11. The summed E-state index contributed by atoms with van der Waals surface area (Å²) in [7, 11) is 0. The zero-order chi connectivity index (χ0) is 13.7. The van der Waals surface area contributed by atoms with E-state index in [1.807, 2.05) is 20.0 Å². The fourth-order valence-corrected chi connectivity index (χ4v) is 2.29. The first-order valence-corrected chi connectivity index (χ1v) is 6.71. The number of urea groups is 1. The lowest BCUT2D eigenvalue weighted by Crippen LogP contribution is -2.32. The van der Waals surface area contributed by atoms with Crippen LogP contribution in [0.2, 0.25) is 0 Å². The van der Waals surface area contributed by atoms with Crippen molar-refractivity contribution in [3.8, 4) is 0 Å². The van der Waals surface area contributed by atoms with Gasteiger partial charge in [0, 0.05) is 29.7 Å². The van der Waals surface area contributed by atoms with Crippen LogP contribution in [0.15, 0.2) is 24.5 Å². The number of aromatic nitrogens is 3. The Hall–Kier alpha value is -2.02. The first-order chi connectivity index (χ1) is 9.15. The van der Waals surface area contributed by atoms with E-state index >= 15 is 0 Å². The van der Waals surface area contributed by atoms with Gasteiger partial charge in [0.1, 0.15) is 0 Å². The Labute approximate surface area is 115 Å². The van der Waals surface area contributed by atoms with Gasteiger partial charge in [0.15, 0.2) is 5.82 Å². The predicted molar refractivity (Wildman–Crippen MR) is 74.3 cm³/mol. The van der Waals surface area contributed by atoms with E-state index in [1.165, 1.54) is 4.88 Å². The molecule has 0 saturated heterocycles. The number of carbonyl (C=O) groups is 1. The zero-order valence-corrected chi connectivity index (χ0v) is 11.6. The van der Waals surface area contributed by atoms with Crippen molar-refractivity contribution < 1.29 is 4.79 Å².